The van der Waals surface area contributed by atoms with Gasteiger partial charge in [0.1, 0.15) is 5.76 Å². The minimum Gasteiger partial charge on any atom is -0.468 e. The molecule has 0 fully saturated rings. The zero-order valence-corrected chi connectivity index (χ0v) is 12.0. The van der Waals surface area contributed by atoms with E-state index in [4.69, 9.17) is 4.42 Å². The second-order valence-electron chi connectivity index (χ2n) is 5.50. The molecule has 0 spiro atoms. The fraction of sp³-hybridized carbons (Fsp3) is 0.412. The fourth-order valence-electron chi connectivity index (χ4n) is 2.38. The summed E-state index contributed by atoms with van der Waals surface area (Å²) in [6.45, 7) is 6.67. The molecule has 0 saturated heterocycles. The molecule has 2 heteroatoms. The lowest BCUT2D eigenvalue weighted by Crippen LogP contribution is -2.25. The molecule has 1 N–H and O–H groups in total. The number of nitrogens with one attached hydrogen (secondary N) is 1. The number of benzene rings is 1. The molecule has 2 nitrogen and oxygen atoms in total. The van der Waals surface area contributed by atoms with Gasteiger partial charge in [-0.15, -0.1) is 0 Å². The van der Waals surface area contributed by atoms with Crippen LogP contribution in [0.15, 0.2) is 53.1 Å². The van der Waals surface area contributed by atoms with Gasteiger partial charge in [0, 0.05) is 6.04 Å². The summed E-state index contributed by atoms with van der Waals surface area (Å²) in [5, 5.41) is 3.67. The second-order valence-corrected chi connectivity index (χ2v) is 5.50. The van der Waals surface area contributed by atoms with Gasteiger partial charge in [-0.2, -0.15) is 0 Å². The summed E-state index contributed by atoms with van der Waals surface area (Å²) in [5.41, 5.74) is 1.34. The fourth-order valence-corrected chi connectivity index (χ4v) is 2.38. The monoisotopic (exact) mass is 257 g/mol. The van der Waals surface area contributed by atoms with Crippen molar-refractivity contribution in [3.63, 3.8) is 0 Å². The van der Waals surface area contributed by atoms with Crippen molar-refractivity contribution < 1.29 is 4.42 Å². The lowest BCUT2D eigenvalue weighted by atomic mass is 9.96. The van der Waals surface area contributed by atoms with E-state index in [1.165, 1.54) is 5.56 Å². The molecular formula is C17H23NO. The van der Waals surface area contributed by atoms with Crippen LogP contribution in [0.5, 0.6) is 0 Å². The Morgan fingerprint density at radius 2 is 1.74 bits per heavy atom. The molecule has 0 aliphatic rings. The van der Waals surface area contributed by atoms with E-state index >= 15 is 0 Å². The largest absolute Gasteiger partial charge is 0.468 e. The van der Waals surface area contributed by atoms with Gasteiger partial charge >= 0.3 is 0 Å². The highest BCUT2D eigenvalue weighted by Crippen LogP contribution is 2.25. The molecule has 0 saturated carbocycles. The van der Waals surface area contributed by atoms with E-state index in [1.54, 1.807) is 6.26 Å². The van der Waals surface area contributed by atoms with Crippen molar-refractivity contribution in [2.24, 2.45) is 5.92 Å². The predicted molar refractivity (Wildman–Crippen MR) is 78.9 cm³/mol. The molecule has 0 amide bonds. The predicted octanol–water partition coefficient (Wildman–Crippen LogP) is 4.72. The van der Waals surface area contributed by atoms with Crippen molar-refractivity contribution in [2.75, 3.05) is 0 Å². The molecule has 19 heavy (non-hydrogen) atoms. The van der Waals surface area contributed by atoms with Gasteiger partial charge in [-0.25, -0.2) is 0 Å². The van der Waals surface area contributed by atoms with E-state index in [2.05, 4.69) is 56.4 Å². The van der Waals surface area contributed by atoms with Gasteiger partial charge in [-0.05, 0) is 37.0 Å². The Morgan fingerprint density at radius 1 is 1.00 bits per heavy atom. The van der Waals surface area contributed by atoms with Gasteiger partial charge < -0.3 is 9.73 Å². The normalized spacial score (nSPS) is 14.5. The maximum Gasteiger partial charge on any atom is 0.120 e. The molecule has 2 rings (SSSR count). The molecule has 1 aromatic carbocycles. The summed E-state index contributed by atoms with van der Waals surface area (Å²) in [6.07, 6.45) is 2.85. The van der Waals surface area contributed by atoms with Crippen molar-refractivity contribution in [3.8, 4) is 0 Å². The lowest BCUT2D eigenvalue weighted by molar-refractivity contribution is 0.356. The maximum absolute atomic E-state index is 5.47. The average Bonchev–Trinajstić information content (AvgIpc) is 2.92. The molecule has 102 valence electrons. The molecule has 2 unspecified atom stereocenters. The molecule has 0 radical (unpaired) electrons. The zero-order valence-electron chi connectivity index (χ0n) is 12.0. The number of hydrogen-bond donors (Lipinski definition) is 1. The first-order valence-electron chi connectivity index (χ1n) is 7.01. The van der Waals surface area contributed by atoms with E-state index < -0.39 is 0 Å². The number of hydrogen-bond acceptors (Lipinski definition) is 2. The van der Waals surface area contributed by atoms with Gasteiger partial charge in [-0.1, -0.05) is 44.2 Å². The topological polar surface area (TPSA) is 25.2 Å². The van der Waals surface area contributed by atoms with Crippen molar-refractivity contribution >= 4 is 0 Å². The summed E-state index contributed by atoms with van der Waals surface area (Å²) in [4.78, 5) is 0. The van der Waals surface area contributed by atoms with Crippen LogP contribution in [0.4, 0.5) is 0 Å². The Bertz CT molecular complexity index is 461. The van der Waals surface area contributed by atoms with Crippen LogP contribution in [0.25, 0.3) is 0 Å². The SMILES string of the molecule is CC(C)CC(NC(C)c1ccco1)c1ccccc1. The van der Waals surface area contributed by atoms with Gasteiger partial charge in [0.05, 0.1) is 12.3 Å². The summed E-state index contributed by atoms with van der Waals surface area (Å²) in [6, 6.07) is 15.2. The smallest absolute Gasteiger partial charge is 0.120 e. The first-order chi connectivity index (χ1) is 9.16. The van der Waals surface area contributed by atoms with E-state index in [9.17, 15) is 0 Å². The Kier molecular flexibility index (Phi) is 4.80. The van der Waals surface area contributed by atoms with Crippen LogP contribution < -0.4 is 5.32 Å². The Hall–Kier alpha value is -1.54. The van der Waals surface area contributed by atoms with E-state index in [-0.39, 0.29) is 6.04 Å². The molecule has 1 heterocycles. The quantitative estimate of drug-likeness (QED) is 0.810. The highest BCUT2D eigenvalue weighted by molar-refractivity contribution is 5.19. The first kappa shape index (κ1) is 13.9. The van der Waals surface area contributed by atoms with Crippen LogP contribution in [-0.2, 0) is 0 Å². The van der Waals surface area contributed by atoms with Crippen molar-refractivity contribution in [2.45, 2.75) is 39.3 Å². The third kappa shape index (κ3) is 3.97. The highest BCUT2D eigenvalue weighted by Gasteiger charge is 2.17. The summed E-state index contributed by atoms with van der Waals surface area (Å²) in [7, 11) is 0. The second kappa shape index (κ2) is 6.58. The third-order valence-electron chi connectivity index (χ3n) is 3.33. The van der Waals surface area contributed by atoms with Crippen LogP contribution in [-0.4, -0.2) is 0 Å². The van der Waals surface area contributed by atoms with Gasteiger partial charge in [0.15, 0.2) is 0 Å². The number of furan rings is 1. The van der Waals surface area contributed by atoms with Crippen LogP contribution in [0.3, 0.4) is 0 Å². The summed E-state index contributed by atoms with van der Waals surface area (Å²) < 4.78 is 5.47. The Morgan fingerprint density at radius 3 is 2.32 bits per heavy atom. The molecular weight excluding hydrogens is 234 g/mol. The number of rotatable bonds is 6. The van der Waals surface area contributed by atoms with Crippen molar-refractivity contribution in [3.05, 3.63) is 60.1 Å². The zero-order chi connectivity index (χ0) is 13.7. The van der Waals surface area contributed by atoms with E-state index in [0.29, 0.717) is 12.0 Å². The third-order valence-corrected chi connectivity index (χ3v) is 3.33. The van der Waals surface area contributed by atoms with Crippen molar-refractivity contribution in [1.29, 1.82) is 0 Å². The van der Waals surface area contributed by atoms with Gasteiger partial charge in [-0.3, -0.25) is 0 Å². The van der Waals surface area contributed by atoms with E-state index in [0.717, 1.165) is 12.2 Å². The standard InChI is InChI=1S/C17H23NO/c1-13(2)12-16(15-8-5-4-6-9-15)18-14(3)17-10-7-11-19-17/h4-11,13-14,16,18H,12H2,1-3H3. The highest BCUT2D eigenvalue weighted by atomic mass is 16.3. The Balaban J connectivity index is 2.10. The van der Waals surface area contributed by atoms with Crippen LogP contribution in [0, 0.1) is 5.92 Å². The molecule has 0 bridgehead atoms. The molecule has 0 aliphatic heterocycles. The minimum atomic E-state index is 0.221. The van der Waals surface area contributed by atoms with Crippen molar-refractivity contribution in [1.82, 2.24) is 5.32 Å². The first-order valence-corrected chi connectivity index (χ1v) is 7.01. The summed E-state index contributed by atoms with van der Waals surface area (Å²) >= 11 is 0. The summed E-state index contributed by atoms with van der Waals surface area (Å²) in [5.74, 6) is 1.64. The van der Waals surface area contributed by atoms with Gasteiger partial charge in [0.25, 0.3) is 0 Å². The average molecular weight is 257 g/mol. The minimum absolute atomic E-state index is 0.221. The maximum atomic E-state index is 5.47. The van der Waals surface area contributed by atoms with E-state index in [1.807, 2.05) is 12.1 Å². The molecule has 2 atom stereocenters. The molecule has 2 aromatic rings. The van der Waals surface area contributed by atoms with Crippen LogP contribution >= 0.6 is 0 Å². The van der Waals surface area contributed by atoms with Gasteiger partial charge in [0.2, 0.25) is 0 Å². The molecule has 1 aromatic heterocycles. The van der Waals surface area contributed by atoms with Crippen LogP contribution in [0.2, 0.25) is 0 Å². The lowest BCUT2D eigenvalue weighted by Gasteiger charge is -2.24. The van der Waals surface area contributed by atoms with Crippen LogP contribution in [0.1, 0.15) is 50.6 Å². The Labute approximate surface area is 115 Å². The molecule has 0 aliphatic carbocycles.